The number of nitrogens with one attached hydrogen (secondary N) is 1. The third-order valence-corrected chi connectivity index (χ3v) is 5.12. The van der Waals surface area contributed by atoms with E-state index in [0.717, 1.165) is 32.6 Å². The Bertz CT molecular complexity index is 535. The third-order valence-electron chi connectivity index (χ3n) is 3.91. The van der Waals surface area contributed by atoms with Crippen molar-refractivity contribution in [3.05, 3.63) is 57.8 Å². The van der Waals surface area contributed by atoms with Crippen LogP contribution in [0.2, 0.25) is 0 Å². The molecule has 0 radical (unpaired) electrons. The number of aryl methyl sites for hydroxylation is 1. The van der Waals surface area contributed by atoms with Gasteiger partial charge in [-0.15, -0.1) is 11.3 Å². The molecule has 0 aliphatic carbocycles. The molecule has 1 aromatic carbocycles. The quantitative estimate of drug-likeness (QED) is 0.926. The summed E-state index contributed by atoms with van der Waals surface area (Å²) in [5.41, 5.74) is 1.40. The van der Waals surface area contributed by atoms with Crippen LogP contribution in [-0.4, -0.2) is 24.5 Å². The lowest BCUT2D eigenvalue weighted by atomic mass is 10.0. The van der Waals surface area contributed by atoms with Gasteiger partial charge >= 0.3 is 0 Å². The van der Waals surface area contributed by atoms with Crippen LogP contribution in [0.1, 0.15) is 28.3 Å². The molecule has 0 spiro atoms. The lowest BCUT2D eigenvalue weighted by Gasteiger charge is -2.33. The second-order valence-electron chi connectivity index (χ2n) is 5.37. The molecule has 1 N–H and O–H groups in total. The fourth-order valence-corrected chi connectivity index (χ4v) is 3.78. The highest BCUT2D eigenvalue weighted by Crippen LogP contribution is 2.22. The molecule has 1 atom stereocenters. The van der Waals surface area contributed by atoms with Crippen molar-refractivity contribution in [2.45, 2.75) is 25.9 Å². The monoisotopic (exact) mass is 286 g/mol. The summed E-state index contributed by atoms with van der Waals surface area (Å²) in [6, 6.07) is 15.8. The minimum atomic E-state index is 0.468. The molecule has 0 bridgehead atoms. The molecule has 1 aliphatic rings. The first-order chi connectivity index (χ1) is 9.85. The smallest absolute Gasteiger partial charge is 0.0449 e. The van der Waals surface area contributed by atoms with Crippen LogP contribution in [-0.2, 0) is 13.0 Å². The van der Waals surface area contributed by atoms with Crippen LogP contribution in [0.5, 0.6) is 0 Å². The van der Waals surface area contributed by atoms with E-state index in [1.165, 1.54) is 15.3 Å². The summed E-state index contributed by atoms with van der Waals surface area (Å²) in [4.78, 5) is 5.56. The van der Waals surface area contributed by atoms with Gasteiger partial charge in [-0.25, -0.2) is 0 Å². The second-order valence-corrected chi connectivity index (χ2v) is 6.63. The van der Waals surface area contributed by atoms with Gasteiger partial charge in [0.15, 0.2) is 0 Å². The number of benzene rings is 1. The first kappa shape index (κ1) is 13.8. The van der Waals surface area contributed by atoms with E-state index in [9.17, 15) is 0 Å². The fourth-order valence-electron chi connectivity index (χ4n) is 2.78. The van der Waals surface area contributed by atoms with Crippen molar-refractivity contribution in [3.63, 3.8) is 0 Å². The number of hydrogen-bond donors (Lipinski definition) is 1. The van der Waals surface area contributed by atoms with E-state index in [2.05, 4.69) is 59.6 Å². The molecule has 3 heteroatoms. The molecule has 3 rings (SSSR count). The maximum Gasteiger partial charge on any atom is 0.0449 e. The predicted molar refractivity (Wildman–Crippen MR) is 86.2 cm³/mol. The van der Waals surface area contributed by atoms with Crippen molar-refractivity contribution >= 4 is 11.3 Å². The van der Waals surface area contributed by atoms with Crippen LogP contribution in [0.4, 0.5) is 0 Å². The lowest BCUT2D eigenvalue weighted by Crippen LogP contribution is -2.45. The molecule has 1 aromatic heterocycles. The van der Waals surface area contributed by atoms with Gasteiger partial charge in [-0.05, 0) is 24.1 Å². The molecule has 1 unspecified atom stereocenters. The van der Waals surface area contributed by atoms with Crippen molar-refractivity contribution in [2.24, 2.45) is 0 Å². The average Bonchev–Trinajstić information content (AvgIpc) is 2.96. The highest BCUT2D eigenvalue weighted by molar-refractivity contribution is 7.11. The summed E-state index contributed by atoms with van der Waals surface area (Å²) >= 11 is 1.96. The molecule has 20 heavy (non-hydrogen) atoms. The van der Waals surface area contributed by atoms with Crippen molar-refractivity contribution in [1.29, 1.82) is 0 Å². The van der Waals surface area contributed by atoms with Crippen molar-refractivity contribution in [3.8, 4) is 0 Å². The number of nitrogens with zero attached hydrogens (tertiary/aromatic N) is 1. The number of thiophene rings is 1. The molecule has 2 heterocycles. The van der Waals surface area contributed by atoms with Crippen LogP contribution >= 0.6 is 11.3 Å². The van der Waals surface area contributed by atoms with Crippen molar-refractivity contribution in [2.75, 3.05) is 19.6 Å². The van der Waals surface area contributed by atoms with Crippen LogP contribution in [0.3, 0.4) is 0 Å². The first-order valence-electron chi connectivity index (χ1n) is 7.43. The standard InChI is InChI=1S/C17H22N2S/c1-2-15-8-9-16(20-15)12-19-11-10-18-17(13-19)14-6-4-3-5-7-14/h3-9,17-18H,2,10-13H2,1H3. The van der Waals surface area contributed by atoms with E-state index in [1.54, 1.807) is 0 Å². The Kier molecular flexibility index (Phi) is 4.51. The second kappa shape index (κ2) is 6.53. The van der Waals surface area contributed by atoms with E-state index in [0.29, 0.717) is 6.04 Å². The van der Waals surface area contributed by atoms with E-state index >= 15 is 0 Å². The minimum absolute atomic E-state index is 0.468. The average molecular weight is 286 g/mol. The van der Waals surface area contributed by atoms with Gasteiger partial charge in [-0.3, -0.25) is 4.90 Å². The zero-order valence-electron chi connectivity index (χ0n) is 12.0. The number of hydrogen-bond acceptors (Lipinski definition) is 3. The number of piperazine rings is 1. The van der Waals surface area contributed by atoms with Crippen LogP contribution < -0.4 is 5.32 Å². The first-order valence-corrected chi connectivity index (χ1v) is 8.25. The largest absolute Gasteiger partial charge is 0.308 e. The Balaban J connectivity index is 1.63. The maximum atomic E-state index is 3.63. The van der Waals surface area contributed by atoms with Gasteiger partial charge < -0.3 is 5.32 Å². The molecule has 1 fully saturated rings. The van der Waals surface area contributed by atoms with Crippen LogP contribution in [0.25, 0.3) is 0 Å². The van der Waals surface area contributed by atoms with Gasteiger partial charge in [0.25, 0.3) is 0 Å². The SMILES string of the molecule is CCc1ccc(CN2CCNC(c3ccccc3)C2)s1. The van der Waals surface area contributed by atoms with Gasteiger partial charge in [-0.2, -0.15) is 0 Å². The molecule has 1 aliphatic heterocycles. The zero-order chi connectivity index (χ0) is 13.8. The van der Waals surface area contributed by atoms with Gasteiger partial charge in [-0.1, -0.05) is 37.3 Å². The summed E-state index contributed by atoms with van der Waals surface area (Å²) in [5, 5.41) is 3.63. The van der Waals surface area contributed by atoms with E-state index in [1.807, 2.05) is 11.3 Å². The van der Waals surface area contributed by atoms with Gasteiger partial charge in [0.2, 0.25) is 0 Å². The molecule has 106 valence electrons. The molecular formula is C17H22N2S. The highest BCUT2D eigenvalue weighted by atomic mass is 32.1. The molecule has 0 saturated carbocycles. The topological polar surface area (TPSA) is 15.3 Å². The lowest BCUT2D eigenvalue weighted by molar-refractivity contribution is 0.195. The fraction of sp³-hybridized carbons (Fsp3) is 0.412. The molecular weight excluding hydrogens is 264 g/mol. The molecule has 0 amide bonds. The van der Waals surface area contributed by atoms with Crippen LogP contribution in [0.15, 0.2) is 42.5 Å². The molecule has 2 nitrogen and oxygen atoms in total. The predicted octanol–water partition coefficient (Wildman–Crippen LogP) is 3.46. The number of rotatable bonds is 4. The van der Waals surface area contributed by atoms with E-state index < -0.39 is 0 Å². The minimum Gasteiger partial charge on any atom is -0.308 e. The molecule has 1 saturated heterocycles. The van der Waals surface area contributed by atoms with E-state index in [-0.39, 0.29) is 0 Å². The Morgan fingerprint density at radius 2 is 1.95 bits per heavy atom. The van der Waals surface area contributed by atoms with Crippen LogP contribution in [0, 0.1) is 0 Å². The van der Waals surface area contributed by atoms with Crippen molar-refractivity contribution < 1.29 is 0 Å². The normalized spacial score (nSPS) is 20.1. The summed E-state index contributed by atoms with van der Waals surface area (Å²) in [6.45, 7) is 6.64. The Morgan fingerprint density at radius 3 is 2.70 bits per heavy atom. The highest BCUT2D eigenvalue weighted by Gasteiger charge is 2.20. The summed E-state index contributed by atoms with van der Waals surface area (Å²) in [7, 11) is 0. The maximum absolute atomic E-state index is 3.63. The van der Waals surface area contributed by atoms with E-state index in [4.69, 9.17) is 0 Å². The third kappa shape index (κ3) is 3.29. The van der Waals surface area contributed by atoms with Gasteiger partial charge in [0, 0.05) is 42.0 Å². The Labute approximate surface area is 125 Å². The van der Waals surface area contributed by atoms with Crippen molar-refractivity contribution in [1.82, 2.24) is 10.2 Å². The van der Waals surface area contributed by atoms with Gasteiger partial charge in [0.05, 0.1) is 0 Å². The molecule has 2 aromatic rings. The Hall–Kier alpha value is -1.16. The zero-order valence-corrected chi connectivity index (χ0v) is 12.8. The summed E-state index contributed by atoms with van der Waals surface area (Å²) in [5.74, 6) is 0. The summed E-state index contributed by atoms with van der Waals surface area (Å²) < 4.78 is 0. The summed E-state index contributed by atoms with van der Waals surface area (Å²) in [6.07, 6.45) is 1.15. The van der Waals surface area contributed by atoms with Gasteiger partial charge in [0.1, 0.15) is 0 Å². The Morgan fingerprint density at radius 1 is 1.15 bits per heavy atom.